The van der Waals surface area contributed by atoms with Gasteiger partial charge in [0.15, 0.2) is 0 Å². The molecular weight excluding hydrogens is 265 g/mol. The largest absolute Gasteiger partial charge is 0.550 e. The predicted molar refractivity (Wildman–Crippen MR) is 63.9 cm³/mol. The summed E-state index contributed by atoms with van der Waals surface area (Å²) in [5.74, 6) is -1.48. The number of nitrogens with one attached hydrogen (secondary N) is 1. The van der Waals surface area contributed by atoms with Crippen molar-refractivity contribution in [1.82, 2.24) is 0 Å². The maximum atomic E-state index is 11.4. The van der Waals surface area contributed by atoms with E-state index in [1.807, 2.05) is 0 Å². The molecule has 1 rings (SSSR count). The SMILES string of the molecule is O=C([O-])CCCC(=O)Nc1cccc(Cl)c1Cl. The van der Waals surface area contributed by atoms with Crippen LogP contribution in [0.15, 0.2) is 18.2 Å². The Labute approximate surface area is 109 Å². The van der Waals surface area contributed by atoms with Crippen molar-refractivity contribution >= 4 is 40.8 Å². The van der Waals surface area contributed by atoms with E-state index in [-0.39, 0.29) is 30.2 Å². The number of hydrogen-bond acceptors (Lipinski definition) is 3. The van der Waals surface area contributed by atoms with E-state index in [2.05, 4.69) is 5.32 Å². The Kier molecular flexibility index (Phi) is 5.25. The molecule has 0 aliphatic rings. The number of hydrogen-bond donors (Lipinski definition) is 1. The molecule has 0 unspecified atom stereocenters. The molecule has 4 nitrogen and oxygen atoms in total. The Balaban J connectivity index is 2.51. The van der Waals surface area contributed by atoms with Crippen LogP contribution in [0, 0.1) is 0 Å². The topological polar surface area (TPSA) is 69.2 Å². The van der Waals surface area contributed by atoms with Crippen molar-refractivity contribution in [2.75, 3.05) is 5.32 Å². The minimum Gasteiger partial charge on any atom is -0.550 e. The number of halogens is 2. The van der Waals surface area contributed by atoms with Gasteiger partial charge in [0.05, 0.1) is 15.7 Å². The van der Waals surface area contributed by atoms with Crippen molar-refractivity contribution in [3.05, 3.63) is 28.2 Å². The Bertz CT molecular complexity index is 435. The van der Waals surface area contributed by atoms with Gasteiger partial charge in [0.2, 0.25) is 5.91 Å². The smallest absolute Gasteiger partial charge is 0.224 e. The molecule has 0 heterocycles. The van der Waals surface area contributed by atoms with Crippen LogP contribution in [-0.2, 0) is 9.59 Å². The van der Waals surface area contributed by atoms with Crippen molar-refractivity contribution < 1.29 is 14.7 Å². The number of benzene rings is 1. The first kappa shape index (κ1) is 13.8. The molecule has 0 fully saturated rings. The molecule has 0 aromatic heterocycles. The summed E-state index contributed by atoms with van der Waals surface area (Å²) in [6.07, 6.45) is 0.180. The third kappa shape index (κ3) is 4.63. The Morgan fingerprint density at radius 1 is 1.24 bits per heavy atom. The molecular formula is C11H10Cl2NO3-. The van der Waals surface area contributed by atoms with Crippen molar-refractivity contribution in [3.63, 3.8) is 0 Å². The second-order valence-corrected chi connectivity index (χ2v) is 4.16. The van der Waals surface area contributed by atoms with Gasteiger partial charge in [-0.3, -0.25) is 4.79 Å². The molecule has 17 heavy (non-hydrogen) atoms. The van der Waals surface area contributed by atoms with Crippen LogP contribution in [0.2, 0.25) is 10.0 Å². The zero-order valence-corrected chi connectivity index (χ0v) is 10.3. The van der Waals surface area contributed by atoms with Crippen molar-refractivity contribution in [2.24, 2.45) is 0 Å². The zero-order valence-electron chi connectivity index (χ0n) is 8.83. The number of aliphatic carboxylic acids is 1. The van der Waals surface area contributed by atoms with Gasteiger partial charge >= 0.3 is 0 Å². The van der Waals surface area contributed by atoms with E-state index < -0.39 is 5.97 Å². The van der Waals surface area contributed by atoms with E-state index in [1.54, 1.807) is 18.2 Å². The van der Waals surface area contributed by atoms with Crippen LogP contribution in [0.5, 0.6) is 0 Å². The standard InChI is InChI=1S/C11H11Cl2NO3/c12-7-3-1-4-8(11(7)13)14-9(15)5-2-6-10(16)17/h1,3-4H,2,5-6H2,(H,14,15)(H,16,17)/p-1. The maximum Gasteiger partial charge on any atom is 0.224 e. The van der Waals surface area contributed by atoms with Crippen LogP contribution in [-0.4, -0.2) is 11.9 Å². The average Bonchev–Trinajstić information content (AvgIpc) is 2.24. The summed E-state index contributed by atoms with van der Waals surface area (Å²) < 4.78 is 0. The molecule has 0 atom stereocenters. The lowest BCUT2D eigenvalue weighted by atomic mass is 10.2. The summed E-state index contributed by atoms with van der Waals surface area (Å²) in [4.78, 5) is 21.6. The maximum absolute atomic E-state index is 11.4. The fraction of sp³-hybridized carbons (Fsp3) is 0.273. The highest BCUT2D eigenvalue weighted by atomic mass is 35.5. The summed E-state index contributed by atoms with van der Waals surface area (Å²) in [5, 5.41) is 13.3. The van der Waals surface area contributed by atoms with Crippen LogP contribution in [0.1, 0.15) is 19.3 Å². The lowest BCUT2D eigenvalue weighted by Gasteiger charge is -2.08. The van der Waals surface area contributed by atoms with E-state index in [0.29, 0.717) is 10.7 Å². The molecule has 1 amide bonds. The normalized spacial score (nSPS) is 10.0. The molecule has 1 aromatic rings. The van der Waals surface area contributed by atoms with Gasteiger partial charge in [-0.1, -0.05) is 29.3 Å². The quantitative estimate of drug-likeness (QED) is 0.891. The van der Waals surface area contributed by atoms with E-state index >= 15 is 0 Å². The second kappa shape index (κ2) is 6.47. The number of carbonyl (C=O) groups is 2. The fourth-order valence-corrected chi connectivity index (χ4v) is 1.55. The van der Waals surface area contributed by atoms with Gasteiger partial charge in [0, 0.05) is 12.4 Å². The average molecular weight is 275 g/mol. The number of anilines is 1. The molecule has 0 aliphatic heterocycles. The van der Waals surface area contributed by atoms with Gasteiger partial charge in [0.1, 0.15) is 0 Å². The summed E-state index contributed by atoms with van der Waals surface area (Å²) in [6, 6.07) is 4.88. The number of rotatable bonds is 5. The Hall–Kier alpha value is -1.26. The van der Waals surface area contributed by atoms with E-state index in [4.69, 9.17) is 23.2 Å². The summed E-state index contributed by atoms with van der Waals surface area (Å²) in [7, 11) is 0. The molecule has 0 aliphatic carbocycles. The van der Waals surface area contributed by atoms with Gasteiger partial charge in [-0.05, 0) is 25.0 Å². The predicted octanol–water partition coefficient (Wildman–Crippen LogP) is 1.85. The fourth-order valence-electron chi connectivity index (χ4n) is 1.21. The minimum absolute atomic E-state index is 0.0941. The monoisotopic (exact) mass is 274 g/mol. The van der Waals surface area contributed by atoms with E-state index in [1.165, 1.54) is 0 Å². The molecule has 1 N–H and O–H groups in total. The van der Waals surface area contributed by atoms with Crippen molar-refractivity contribution in [3.8, 4) is 0 Å². The van der Waals surface area contributed by atoms with Gasteiger partial charge in [-0.25, -0.2) is 0 Å². The van der Waals surface area contributed by atoms with Crippen molar-refractivity contribution in [1.29, 1.82) is 0 Å². The lowest BCUT2D eigenvalue weighted by molar-refractivity contribution is -0.305. The molecule has 1 aromatic carbocycles. The third-order valence-electron chi connectivity index (χ3n) is 2.01. The first-order chi connectivity index (χ1) is 8.00. The zero-order chi connectivity index (χ0) is 12.8. The number of amides is 1. The summed E-state index contributed by atoms with van der Waals surface area (Å²) in [5.41, 5.74) is 0.414. The first-order valence-corrected chi connectivity index (χ1v) is 5.70. The summed E-state index contributed by atoms with van der Waals surface area (Å²) >= 11 is 11.6. The van der Waals surface area contributed by atoms with Crippen molar-refractivity contribution in [2.45, 2.75) is 19.3 Å². The lowest BCUT2D eigenvalue weighted by Crippen LogP contribution is -2.22. The van der Waals surface area contributed by atoms with Crippen LogP contribution in [0.4, 0.5) is 5.69 Å². The number of carbonyl (C=O) groups excluding carboxylic acids is 2. The Morgan fingerprint density at radius 2 is 1.94 bits per heavy atom. The summed E-state index contributed by atoms with van der Waals surface area (Å²) in [6.45, 7) is 0. The molecule has 92 valence electrons. The Morgan fingerprint density at radius 3 is 2.59 bits per heavy atom. The minimum atomic E-state index is -1.17. The number of carboxylic acid groups (broad SMARTS) is 1. The highest BCUT2D eigenvalue weighted by Gasteiger charge is 2.07. The van der Waals surface area contributed by atoms with Crippen LogP contribution in [0.3, 0.4) is 0 Å². The molecule has 6 heteroatoms. The number of carboxylic acids is 1. The van der Waals surface area contributed by atoms with Gasteiger partial charge < -0.3 is 15.2 Å². The molecule has 0 bridgehead atoms. The highest BCUT2D eigenvalue weighted by molar-refractivity contribution is 6.43. The molecule has 0 spiro atoms. The van der Waals surface area contributed by atoms with E-state index in [0.717, 1.165) is 0 Å². The first-order valence-electron chi connectivity index (χ1n) is 4.94. The molecule has 0 saturated heterocycles. The van der Waals surface area contributed by atoms with Crippen LogP contribution < -0.4 is 10.4 Å². The third-order valence-corrected chi connectivity index (χ3v) is 2.83. The molecule has 0 saturated carbocycles. The van der Waals surface area contributed by atoms with Gasteiger partial charge in [-0.15, -0.1) is 0 Å². The van der Waals surface area contributed by atoms with Crippen LogP contribution >= 0.6 is 23.2 Å². The van der Waals surface area contributed by atoms with E-state index in [9.17, 15) is 14.7 Å². The highest BCUT2D eigenvalue weighted by Crippen LogP contribution is 2.29. The van der Waals surface area contributed by atoms with Gasteiger partial charge in [0.25, 0.3) is 0 Å². The second-order valence-electron chi connectivity index (χ2n) is 3.38. The van der Waals surface area contributed by atoms with Crippen LogP contribution in [0.25, 0.3) is 0 Å². The van der Waals surface area contributed by atoms with Gasteiger partial charge in [-0.2, -0.15) is 0 Å². The molecule has 0 radical (unpaired) electrons.